The number of non-ortho nitro benzene ring substituents is 1. The van der Waals surface area contributed by atoms with Crippen LogP contribution in [-0.4, -0.2) is 10.8 Å². The zero-order chi connectivity index (χ0) is 16.8. The minimum absolute atomic E-state index is 0.0831. The third kappa shape index (κ3) is 4.40. The summed E-state index contributed by atoms with van der Waals surface area (Å²) in [5.41, 5.74) is 0.841. The van der Waals surface area contributed by atoms with Gasteiger partial charge in [-0.25, -0.2) is 0 Å². The lowest BCUT2D eigenvalue weighted by molar-refractivity contribution is -0.384. The van der Waals surface area contributed by atoms with Crippen molar-refractivity contribution >= 4 is 35.0 Å². The van der Waals surface area contributed by atoms with Gasteiger partial charge in [-0.15, -0.1) is 0 Å². The Kier molecular flexibility index (Phi) is 5.07. The SMILES string of the molecule is N#C/C(=C\c1ccc(Cl)cc1)C(=O)Nc1ccc([N+](=O)[O-])cc1. The number of nitrogens with zero attached hydrogens (tertiary/aromatic N) is 2. The van der Waals surface area contributed by atoms with Gasteiger partial charge in [-0.2, -0.15) is 5.26 Å². The second-order valence-corrected chi connectivity index (χ2v) is 4.92. The number of nitro benzene ring substituents is 1. The fourth-order valence-corrected chi connectivity index (χ4v) is 1.87. The summed E-state index contributed by atoms with van der Waals surface area (Å²) >= 11 is 5.77. The molecule has 0 heterocycles. The van der Waals surface area contributed by atoms with Crippen molar-refractivity contribution in [3.05, 3.63) is 74.8 Å². The summed E-state index contributed by atoms with van der Waals surface area (Å²) in [6, 6.07) is 13.8. The van der Waals surface area contributed by atoms with Gasteiger partial charge in [0.05, 0.1) is 4.92 Å². The van der Waals surface area contributed by atoms with E-state index in [1.165, 1.54) is 30.3 Å². The second-order valence-electron chi connectivity index (χ2n) is 4.48. The van der Waals surface area contributed by atoms with Gasteiger partial charge >= 0.3 is 0 Å². The van der Waals surface area contributed by atoms with Gasteiger partial charge in [0.15, 0.2) is 0 Å². The molecule has 0 bridgehead atoms. The van der Waals surface area contributed by atoms with Crippen LogP contribution >= 0.6 is 11.6 Å². The van der Waals surface area contributed by atoms with Crippen LogP contribution < -0.4 is 5.32 Å². The molecule has 1 amide bonds. The molecule has 0 saturated carbocycles. The average Bonchev–Trinajstić information content (AvgIpc) is 2.54. The fourth-order valence-electron chi connectivity index (χ4n) is 1.74. The maximum absolute atomic E-state index is 12.1. The normalized spacial score (nSPS) is 10.7. The highest BCUT2D eigenvalue weighted by atomic mass is 35.5. The number of rotatable bonds is 4. The third-order valence-corrected chi connectivity index (χ3v) is 3.13. The summed E-state index contributed by atoms with van der Waals surface area (Å²) < 4.78 is 0. The monoisotopic (exact) mass is 327 g/mol. The highest BCUT2D eigenvalue weighted by Gasteiger charge is 2.11. The maximum Gasteiger partial charge on any atom is 0.269 e. The number of nitro groups is 1. The first-order valence-electron chi connectivity index (χ1n) is 6.43. The molecular formula is C16H10ClN3O3. The standard InChI is InChI=1S/C16H10ClN3O3/c17-13-3-1-11(2-4-13)9-12(10-18)16(21)19-14-5-7-15(8-6-14)20(22)23/h1-9H,(H,19,21)/b12-9+. The number of nitriles is 1. The van der Waals surface area contributed by atoms with E-state index in [-0.39, 0.29) is 11.3 Å². The second kappa shape index (κ2) is 7.20. The van der Waals surface area contributed by atoms with Crippen LogP contribution in [0.15, 0.2) is 54.1 Å². The highest BCUT2D eigenvalue weighted by Crippen LogP contribution is 2.17. The molecule has 0 fully saturated rings. The number of hydrogen-bond donors (Lipinski definition) is 1. The molecule has 1 N–H and O–H groups in total. The number of carbonyl (C=O) groups is 1. The molecule has 114 valence electrons. The number of amides is 1. The van der Waals surface area contributed by atoms with Crippen molar-refractivity contribution in [2.45, 2.75) is 0 Å². The lowest BCUT2D eigenvalue weighted by Gasteiger charge is -2.04. The number of anilines is 1. The Balaban J connectivity index is 2.15. The van der Waals surface area contributed by atoms with Crippen molar-refractivity contribution in [3.8, 4) is 6.07 Å². The van der Waals surface area contributed by atoms with E-state index in [0.29, 0.717) is 16.3 Å². The first-order chi connectivity index (χ1) is 11.0. The van der Waals surface area contributed by atoms with E-state index >= 15 is 0 Å². The minimum Gasteiger partial charge on any atom is -0.321 e. The summed E-state index contributed by atoms with van der Waals surface area (Å²) in [4.78, 5) is 22.1. The Morgan fingerprint density at radius 2 is 1.78 bits per heavy atom. The molecule has 0 unspecified atom stereocenters. The van der Waals surface area contributed by atoms with Gasteiger partial charge in [-0.3, -0.25) is 14.9 Å². The van der Waals surface area contributed by atoms with Crippen LogP contribution in [0.4, 0.5) is 11.4 Å². The zero-order valence-electron chi connectivity index (χ0n) is 11.7. The minimum atomic E-state index is -0.601. The smallest absolute Gasteiger partial charge is 0.269 e. The van der Waals surface area contributed by atoms with Gasteiger partial charge in [0.25, 0.3) is 11.6 Å². The van der Waals surface area contributed by atoms with Crippen molar-refractivity contribution < 1.29 is 9.72 Å². The van der Waals surface area contributed by atoms with E-state index in [4.69, 9.17) is 16.9 Å². The molecule has 0 aliphatic carbocycles. The Labute approximate surface area is 136 Å². The van der Waals surface area contributed by atoms with Crippen LogP contribution in [0, 0.1) is 21.4 Å². The fraction of sp³-hybridized carbons (Fsp3) is 0. The molecule has 0 saturated heterocycles. The Morgan fingerprint density at radius 1 is 1.17 bits per heavy atom. The van der Waals surface area contributed by atoms with E-state index < -0.39 is 10.8 Å². The zero-order valence-corrected chi connectivity index (χ0v) is 12.4. The lowest BCUT2D eigenvalue weighted by Crippen LogP contribution is -2.13. The summed E-state index contributed by atoms with van der Waals surface area (Å²) in [5.74, 6) is -0.601. The van der Waals surface area contributed by atoms with E-state index in [1.54, 1.807) is 24.3 Å². The predicted octanol–water partition coefficient (Wildman–Crippen LogP) is 3.79. The average molecular weight is 328 g/mol. The maximum atomic E-state index is 12.1. The molecule has 0 radical (unpaired) electrons. The van der Waals surface area contributed by atoms with Crippen LogP contribution in [0.2, 0.25) is 5.02 Å². The molecule has 0 aliphatic heterocycles. The van der Waals surface area contributed by atoms with Crippen molar-refractivity contribution in [2.75, 3.05) is 5.32 Å². The van der Waals surface area contributed by atoms with E-state index in [1.807, 2.05) is 6.07 Å². The first kappa shape index (κ1) is 16.2. The predicted molar refractivity (Wildman–Crippen MR) is 86.8 cm³/mol. The number of benzene rings is 2. The molecular weight excluding hydrogens is 318 g/mol. The summed E-state index contributed by atoms with van der Waals surface area (Å²) in [7, 11) is 0. The van der Waals surface area contributed by atoms with Gasteiger partial charge in [0, 0.05) is 22.8 Å². The number of nitrogens with one attached hydrogen (secondary N) is 1. The summed E-state index contributed by atoms with van der Waals surface area (Å²) in [6.07, 6.45) is 1.43. The third-order valence-electron chi connectivity index (χ3n) is 2.88. The molecule has 0 spiro atoms. The van der Waals surface area contributed by atoms with E-state index in [2.05, 4.69) is 5.32 Å². The van der Waals surface area contributed by atoms with Crippen LogP contribution in [-0.2, 0) is 4.79 Å². The molecule has 2 aromatic rings. The van der Waals surface area contributed by atoms with Crippen molar-refractivity contribution in [1.29, 1.82) is 5.26 Å². The Bertz CT molecular complexity index is 806. The van der Waals surface area contributed by atoms with Crippen LogP contribution in [0.25, 0.3) is 6.08 Å². The quantitative estimate of drug-likeness (QED) is 0.400. The molecule has 0 atom stereocenters. The number of carbonyl (C=O) groups excluding carboxylic acids is 1. The number of hydrogen-bond acceptors (Lipinski definition) is 4. The van der Waals surface area contributed by atoms with Crippen molar-refractivity contribution in [3.63, 3.8) is 0 Å². The van der Waals surface area contributed by atoms with Crippen molar-refractivity contribution in [1.82, 2.24) is 0 Å². The molecule has 0 aromatic heterocycles. The van der Waals surface area contributed by atoms with Gasteiger partial charge in [0.1, 0.15) is 11.6 Å². The van der Waals surface area contributed by atoms with Crippen LogP contribution in [0.1, 0.15) is 5.56 Å². The lowest BCUT2D eigenvalue weighted by atomic mass is 10.1. The molecule has 0 aliphatic rings. The molecule has 23 heavy (non-hydrogen) atoms. The summed E-state index contributed by atoms with van der Waals surface area (Å²) in [5, 5.41) is 22.7. The Morgan fingerprint density at radius 3 is 2.30 bits per heavy atom. The molecule has 6 nitrogen and oxygen atoms in total. The van der Waals surface area contributed by atoms with Crippen LogP contribution in [0.3, 0.4) is 0 Å². The first-order valence-corrected chi connectivity index (χ1v) is 6.80. The topological polar surface area (TPSA) is 96.0 Å². The van der Waals surface area contributed by atoms with Gasteiger partial charge in [0.2, 0.25) is 0 Å². The molecule has 2 rings (SSSR count). The Hall–Kier alpha value is -3.17. The van der Waals surface area contributed by atoms with Gasteiger partial charge < -0.3 is 5.32 Å². The summed E-state index contributed by atoms with van der Waals surface area (Å²) in [6.45, 7) is 0. The van der Waals surface area contributed by atoms with Gasteiger partial charge in [-0.1, -0.05) is 23.7 Å². The van der Waals surface area contributed by atoms with E-state index in [0.717, 1.165) is 0 Å². The van der Waals surface area contributed by atoms with Gasteiger partial charge in [-0.05, 0) is 35.9 Å². The molecule has 7 heteroatoms. The molecule has 2 aromatic carbocycles. The van der Waals surface area contributed by atoms with E-state index in [9.17, 15) is 14.9 Å². The highest BCUT2D eigenvalue weighted by molar-refractivity contribution is 6.30. The number of halogens is 1. The largest absolute Gasteiger partial charge is 0.321 e. The van der Waals surface area contributed by atoms with Crippen LogP contribution in [0.5, 0.6) is 0 Å². The van der Waals surface area contributed by atoms with Crippen molar-refractivity contribution in [2.24, 2.45) is 0 Å².